The molecule has 2 heterocycles. The summed E-state index contributed by atoms with van der Waals surface area (Å²) in [7, 11) is 0. The summed E-state index contributed by atoms with van der Waals surface area (Å²) in [6.07, 6.45) is -0.559. The predicted octanol–water partition coefficient (Wildman–Crippen LogP) is 5.58. The van der Waals surface area contributed by atoms with Crippen molar-refractivity contribution in [3.8, 4) is 6.07 Å². The highest BCUT2D eigenvalue weighted by Gasteiger charge is 2.50. The lowest BCUT2D eigenvalue weighted by Gasteiger charge is -2.45. The summed E-state index contributed by atoms with van der Waals surface area (Å²) in [6, 6.07) is 11.5. The molecule has 40 heavy (non-hydrogen) atoms. The van der Waals surface area contributed by atoms with Gasteiger partial charge in [0.1, 0.15) is 6.54 Å². The van der Waals surface area contributed by atoms with Crippen molar-refractivity contribution in [1.29, 1.82) is 5.26 Å². The Morgan fingerprint density at radius 1 is 1.05 bits per heavy atom. The molecule has 1 spiro atoms. The fourth-order valence-corrected chi connectivity index (χ4v) is 6.21. The van der Waals surface area contributed by atoms with Gasteiger partial charge in [0, 0.05) is 30.8 Å². The van der Waals surface area contributed by atoms with Crippen LogP contribution in [0.4, 0.5) is 23.7 Å². The number of urea groups is 1. The zero-order valence-corrected chi connectivity index (χ0v) is 21.7. The highest BCUT2D eigenvalue weighted by molar-refractivity contribution is 6.07. The number of hydrogen-bond acceptors (Lipinski definition) is 4. The monoisotopic (exact) mass is 548 g/mol. The third-order valence-electron chi connectivity index (χ3n) is 8.56. The Labute approximate surface area is 229 Å². The molecular formula is C30H27F3N4O3. The number of amides is 3. The van der Waals surface area contributed by atoms with E-state index in [9.17, 15) is 32.8 Å². The minimum Gasteiger partial charge on any atom is -0.341 e. The van der Waals surface area contributed by atoms with Crippen LogP contribution in [0.2, 0.25) is 0 Å². The number of carbonyl (C=O) groups excluding carboxylic acids is 3. The highest BCUT2D eigenvalue weighted by atomic mass is 19.4. The summed E-state index contributed by atoms with van der Waals surface area (Å²) in [5.74, 6) is -0.470. The molecule has 2 aliphatic carbocycles. The quantitative estimate of drug-likeness (QED) is 0.499. The van der Waals surface area contributed by atoms with Crippen LogP contribution in [-0.2, 0) is 15.8 Å². The summed E-state index contributed by atoms with van der Waals surface area (Å²) < 4.78 is 40.8. The molecule has 2 aromatic carbocycles. The molecule has 2 aliphatic heterocycles. The number of likely N-dealkylation sites (tertiary alicyclic amines) is 1. The molecule has 1 unspecified atom stereocenters. The summed E-state index contributed by atoms with van der Waals surface area (Å²) >= 11 is 0. The number of rotatable bonds is 4. The summed E-state index contributed by atoms with van der Waals surface area (Å²) in [5.41, 5.74) is 0.883. The Morgan fingerprint density at radius 2 is 1.80 bits per heavy atom. The number of Topliss-reactive ketones (excluding diaryl/α,β-unsaturated/α-hetero) is 1. The molecule has 3 amide bonds. The third-order valence-corrected chi connectivity index (χ3v) is 8.56. The lowest BCUT2D eigenvalue weighted by molar-refractivity contribution is -0.137. The first-order valence-electron chi connectivity index (χ1n) is 13.4. The van der Waals surface area contributed by atoms with E-state index >= 15 is 0 Å². The van der Waals surface area contributed by atoms with Crippen LogP contribution >= 0.6 is 0 Å². The fourth-order valence-electron chi connectivity index (χ4n) is 6.21. The van der Waals surface area contributed by atoms with Gasteiger partial charge in [-0.3, -0.25) is 14.5 Å². The molecule has 0 N–H and O–H groups in total. The number of alkyl halides is 3. The van der Waals surface area contributed by atoms with Crippen molar-refractivity contribution in [3.05, 3.63) is 76.5 Å². The van der Waals surface area contributed by atoms with Gasteiger partial charge in [-0.05, 0) is 73.4 Å². The first kappa shape index (κ1) is 26.1. The second-order valence-electron chi connectivity index (χ2n) is 11.1. The van der Waals surface area contributed by atoms with Gasteiger partial charge in [0.25, 0.3) is 0 Å². The molecule has 0 radical (unpaired) electrons. The number of nitrogens with zero attached hydrogens (tertiary/aromatic N) is 4. The molecule has 2 aromatic rings. The van der Waals surface area contributed by atoms with Crippen molar-refractivity contribution >= 4 is 23.4 Å². The normalized spacial score (nSPS) is 22.1. The topological polar surface area (TPSA) is 84.7 Å². The number of anilines is 1. The lowest BCUT2D eigenvalue weighted by atomic mass is 9.83. The van der Waals surface area contributed by atoms with Crippen LogP contribution in [0.3, 0.4) is 0 Å². The van der Waals surface area contributed by atoms with Crippen molar-refractivity contribution in [2.75, 3.05) is 24.5 Å². The number of carbonyl (C=O) groups is 3. The molecular weight excluding hydrogens is 521 g/mol. The molecule has 1 atom stereocenters. The standard InChI is InChI=1S/C30H27F3N4O3/c31-30(32,33)21-3-1-4-22(15-21)37-23-5-2-6-24(38)26(23)27(20-9-7-19(16-34)8-10-20)36(28(37)40)17-25(39)35-14-13-29(18-35)11-12-29/h1,3-4,7-10,15,27H,2,5-6,11-14,17-18H2. The Balaban J connectivity index is 1.47. The van der Waals surface area contributed by atoms with E-state index in [2.05, 4.69) is 6.07 Å². The first-order chi connectivity index (χ1) is 19.1. The SMILES string of the molecule is N#Cc1ccc(C2C3=C(CCCC3=O)N(c3cccc(C(F)(F)F)c3)C(=O)N2CC(=O)N2CCC3(CC3)C2)cc1. The largest absolute Gasteiger partial charge is 0.416 e. The van der Waals surface area contributed by atoms with Gasteiger partial charge in [0.05, 0.1) is 28.9 Å². The van der Waals surface area contributed by atoms with Gasteiger partial charge < -0.3 is 9.80 Å². The third kappa shape index (κ3) is 4.53. The molecule has 7 nitrogen and oxygen atoms in total. The number of ketones is 1. The number of nitriles is 1. The minimum atomic E-state index is -4.62. The van der Waals surface area contributed by atoms with Crippen LogP contribution in [0.1, 0.15) is 61.3 Å². The van der Waals surface area contributed by atoms with Crippen molar-refractivity contribution in [1.82, 2.24) is 9.80 Å². The maximum absolute atomic E-state index is 14.2. The molecule has 2 fully saturated rings. The van der Waals surface area contributed by atoms with E-state index in [0.29, 0.717) is 48.3 Å². The molecule has 1 saturated heterocycles. The maximum Gasteiger partial charge on any atom is 0.416 e. The van der Waals surface area contributed by atoms with E-state index in [1.54, 1.807) is 29.2 Å². The van der Waals surface area contributed by atoms with Crippen molar-refractivity contribution in [3.63, 3.8) is 0 Å². The zero-order chi connectivity index (χ0) is 28.2. The summed E-state index contributed by atoms with van der Waals surface area (Å²) in [6.45, 7) is 0.894. The molecule has 1 saturated carbocycles. The van der Waals surface area contributed by atoms with Gasteiger partial charge in [-0.25, -0.2) is 4.79 Å². The summed E-state index contributed by atoms with van der Waals surface area (Å²) in [5, 5.41) is 9.28. The van der Waals surface area contributed by atoms with Gasteiger partial charge in [0.15, 0.2) is 5.78 Å². The molecule has 206 valence electrons. The molecule has 0 aromatic heterocycles. The van der Waals surface area contributed by atoms with Crippen molar-refractivity contribution in [2.24, 2.45) is 5.41 Å². The molecule has 10 heteroatoms. The van der Waals surface area contributed by atoms with Crippen LogP contribution in [0.15, 0.2) is 59.8 Å². The van der Waals surface area contributed by atoms with E-state index in [4.69, 9.17) is 0 Å². The van der Waals surface area contributed by atoms with Crippen molar-refractivity contribution < 1.29 is 27.6 Å². The van der Waals surface area contributed by atoms with E-state index in [-0.39, 0.29) is 35.8 Å². The van der Waals surface area contributed by atoms with Crippen LogP contribution in [0.25, 0.3) is 0 Å². The molecule has 6 rings (SSSR count). The number of allylic oxidation sites excluding steroid dienone is 1. The second kappa shape index (κ2) is 9.51. The number of benzene rings is 2. The smallest absolute Gasteiger partial charge is 0.341 e. The van der Waals surface area contributed by atoms with Crippen LogP contribution in [-0.4, -0.2) is 47.2 Å². The maximum atomic E-state index is 14.2. The Kier molecular flexibility index (Phi) is 6.21. The molecule has 4 aliphatic rings. The zero-order valence-electron chi connectivity index (χ0n) is 21.7. The van der Waals surface area contributed by atoms with Gasteiger partial charge in [-0.2, -0.15) is 18.4 Å². The average molecular weight is 549 g/mol. The molecule has 0 bridgehead atoms. The Morgan fingerprint density at radius 3 is 2.45 bits per heavy atom. The van der Waals surface area contributed by atoms with E-state index in [1.807, 2.05) is 0 Å². The highest BCUT2D eigenvalue weighted by Crippen LogP contribution is 2.53. The average Bonchev–Trinajstić information content (AvgIpc) is 3.56. The van der Waals surface area contributed by atoms with Crippen LogP contribution in [0.5, 0.6) is 0 Å². The van der Waals surface area contributed by atoms with E-state index in [0.717, 1.165) is 31.4 Å². The van der Waals surface area contributed by atoms with Gasteiger partial charge in [0.2, 0.25) is 5.91 Å². The fraction of sp³-hybridized carbons (Fsp3) is 0.400. The minimum absolute atomic E-state index is 0.00383. The van der Waals surface area contributed by atoms with Gasteiger partial charge >= 0.3 is 12.2 Å². The van der Waals surface area contributed by atoms with Crippen LogP contribution in [0, 0.1) is 16.7 Å². The van der Waals surface area contributed by atoms with Crippen molar-refractivity contribution in [2.45, 2.75) is 50.7 Å². The number of hydrogen-bond donors (Lipinski definition) is 0. The predicted molar refractivity (Wildman–Crippen MR) is 139 cm³/mol. The Bertz CT molecular complexity index is 1470. The lowest BCUT2D eigenvalue weighted by Crippen LogP contribution is -2.54. The Hall–Kier alpha value is -4.13. The number of halogens is 3. The summed E-state index contributed by atoms with van der Waals surface area (Å²) in [4.78, 5) is 45.5. The second-order valence-corrected chi connectivity index (χ2v) is 11.1. The van der Waals surface area contributed by atoms with E-state index < -0.39 is 23.8 Å². The first-order valence-corrected chi connectivity index (χ1v) is 13.4. The van der Waals surface area contributed by atoms with Crippen LogP contribution < -0.4 is 4.90 Å². The van der Waals surface area contributed by atoms with Gasteiger partial charge in [-0.15, -0.1) is 0 Å². The van der Waals surface area contributed by atoms with Gasteiger partial charge in [-0.1, -0.05) is 18.2 Å². The van der Waals surface area contributed by atoms with E-state index in [1.165, 1.54) is 21.9 Å².